The number of ether oxygens (including phenoxy) is 1. The summed E-state index contributed by atoms with van der Waals surface area (Å²) >= 11 is 0. The second-order valence-electron chi connectivity index (χ2n) is 10.3. The third-order valence-corrected chi connectivity index (χ3v) is 6.70. The van der Waals surface area contributed by atoms with Crippen molar-refractivity contribution in [2.24, 2.45) is 11.7 Å². The van der Waals surface area contributed by atoms with Gasteiger partial charge in [0.15, 0.2) is 11.6 Å². The first-order chi connectivity index (χ1) is 17.6. The molecule has 1 aromatic heterocycles. The topological polar surface area (TPSA) is 102 Å². The van der Waals surface area contributed by atoms with Crippen LogP contribution >= 0.6 is 0 Å². The van der Waals surface area contributed by atoms with Gasteiger partial charge in [-0.05, 0) is 69.5 Å². The SMILES string of the molecule is CC(C)Cn1ncc2cc(Oc3ccc(F)cc3F)c(C(=O)N[C@@](C)(CCN3CCCC3)C(N)=O)cc21. The number of aromatic nitrogens is 2. The summed E-state index contributed by atoms with van der Waals surface area (Å²) < 4.78 is 35.4. The number of carbonyl (C=O) groups is 2. The number of amides is 2. The van der Waals surface area contributed by atoms with Gasteiger partial charge in [-0.25, -0.2) is 8.78 Å². The van der Waals surface area contributed by atoms with Gasteiger partial charge in [0.05, 0.1) is 17.3 Å². The first-order valence-corrected chi connectivity index (χ1v) is 12.5. The fourth-order valence-electron chi connectivity index (χ4n) is 4.49. The molecule has 3 N–H and O–H groups in total. The molecule has 0 radical (unpaired) electrons. The van der Waals surface area contributed by atoms with Gasteiger partial charge in [-0.1, -0.05) is 13.8 Å². The van der Waals surface area contributed by atoms with Crippen LogP contribution in [0.3, 0.4) is 0 Å². The van der Waals surface area contributed by atoms with Gasteiger partial charge < -0.3 is 20.7 Å². The van der Waals surface area contributed by atoms with Gasteiger partial charge in [0.2, 0.25) is 5.91 Å². The van der Waals surface area contributed by atoms with Crippen molar-refractivity contribution in [3.63, 3.8) is 0 Å². The number of nitrogens with one attached hydrogen (secondary N) is 1. The molecule has 0 spiro atoms. The lowest BCUT2D eigenvalue weighted by molar-refractivity contribution is -0.123. The summed E-state index contributed by atoms with van der Waals surface area (Å²) in [5.74, 6) is -2.80. The van der Waals surface area contributed by atoms with E-state index >= 15 is 0 Å². The van der Waals surface area contributed by atoms with E-state index in [9.17, 15) is 18.4 Å². The van der Waals surface area contributed by atoms with E-state index in [0.29, 0.717) is 42.4 Å². The lowest BCUT2D eigenvalue weighted by Gasteiger charge is -2.30. The van der Waals surface area contributed by atoms with Crippen LogP contribution in [0.1, 0.15) is 50.4 Å². The van der Waals surface area contributed by atoms with Crippen molar-refractivity contribution in [1.82, 2.24) is 20.0 Å². The molecule has 0 saturated carbocycles. The molecule has 0 unspecified atom stereocenters. The highest BCUT2D eigenvalue weighted by Crippen LogP contribution is 2.32. The molecule has 1 aliphatic rings. The Morgan fingerprint density at radius 2 is 1.89 bits per heavy atom. The van der Waals surface area contributed by atoms with E-state index in [2.05, 4.69) is 29.2 Å². The number of hydrogen-bond donors (Lipinski definition) is 2. The van der Waals surface area contributed by atoms with Crippen LogP contribution in [0.15, 0.2) is 36.5 Å². The van der Waals surface area contributed by atoms with Crippen LogP contribution in [0.2, 0.25) is 0 Å². The molecule has 8 nitrogen and oxygen atoms in total. The second kappa shape index (κ2) is 10.8. The Hall–Kier alpha value is -3.53. The highest BCUT2D eigenvalue weighted by molar-refractivity contribution is 6.03. The number of benzene rings is 2. The summed E-state index contributed by atoms with van der Waals surface area (Å²) in [6, 6.07) is 6.13. The molecular weight excluding hydrogens is 480 g/mol. The molecule has 2 aromatic carbocycles. The van der Waals surface area contributed by atoms with Gasteiger partial charge in [0, 0.05) is 24.5 Å². The lowest BCUT2D eigenvalue weighted by Crippen LogP contribution is -2.56. The Kier molecular flexibility index (Phi) is 7.77. The maximum absolute atomic E-state index is 14.4. The molecule has 0 bridgehead atoms. The van der Waals surface area contributed by atoms with Gasteiger partial charge in [-0.3, -0.25) is 14.3 Å². The average Bonchev–Trinajstić information content (AvgIpc) is 3.48. The summed E-state index contributed by atoms with van der Waals surface area (Å²) in [6.45, 7) is 8.82. The zero-order valence-electron chi connectivity index (χ0n) is 21.4. The van der Waals surface area contributed by atoms with Crippen molar-refractivity contribution in [3.8, 4) is 11.5 Å². The number of carbonyl (C=O) groups excluding carboxylic acids is 2. The van der Waals surface area contributed by atoms with E-state index in [-0.39, 0.29) is 17.1 Å². The van der Waals surface area contributed by atoms with Crippen LogP contribution in [0, 0.1) is 17.6 Å². The number of rotatable bonds is 10. The highest BCUT2D eigenvalue weighted by Gasteiger charge is 2.35. The van der Waals surface area contributed by atoms with Crippen LogP contribution in [0.4, 0.5) is 8.78 Å². The monoisotopic (exact) mass is 513 g/mol. The fourth-order valence-corrected chi connectivity index (χ4v) is 4.49. The average molecular weight is 514 g/mol. The van der Waals surface area contributed by atoms with Gasteiger partial charge in [0.1, 0.15) is 17.1 Å². The molecule has 10 heteroatoms. The highest BCUT2D eigenvalue weighted by atomic mass is 19.1. The molecule has 198 valence electrons. The smallest absolute Gasteiger partial charge is 0.255 e. The molecule has 1 aliphatic heterocycles. The van der Waals surface area contributed by atoms with Crippen LogP contribution in [0.25, 0.3) is 10.9 Å². The maximum Gasteiger partial charge on any atom is 0.255 e. The summed E-state index contributed by atoms with van der Waals surface area (Å²) in [5, 5.41) is 7.89. The first-order valence-electron chi connectivity index (χ1n) is 12.5. The summed E-state index contributed by atoms with van der Waals surface area (Å²) in [5.41, 5.74) is 5.18. The standard InChI is InChI=1S/C27H33F2N5O3/c1-17(2)16-34-22-14-20(25(35)32-27(3,26(30)36)8-11-33-9-4-5-10-33)24(12-18(22)15-31-34)37-23-7-6-19(28)13-21(23)29/h6-7,12-15,17H,4-5,8-11,16H2,1-3H3,(H2,30,36)(H,32,35)/t27-/m0/s1. The zero-order chi connectivity index (χ0) is 26.7. The van der Waals surface area contributed by atoms with Gasteiger partial charge in [-0.15, -0.1) is 0 Å². The Morgan fingerprint density at radius 1 is 1.16 bits per heavy atom. The van der Waals surface area contributed by atoms with Crippen molar-refractivity contribution >= 4 is 22.7 Å². The normalized spacial score (nSPS) is 15.7. The summed E-state index contributed by atoms with van der Waals surface area (Å²) in [4.78, 5) is 28.3. The molecular formula is C27H33F2N5O3. The van der Waals surface area contributed by atoms with Crippen molar-refractivity contribution in [3.05, 3.63) is 53.7 Å². The van der Waals surface area contributed by atoms with E-state index in [4.69, 9.17) is 10.5 Å². The third kappa shape index (κ3) is 6.07. The lowest BCUT2D eigenvalue weighted by atomic mass is 9.95. The number of nitrogens with two attached hydrogens (primary N) is 1. The van der Waals surface area contributed by atoms with Crippen LogP contribution in [0.5, 0.6) is 11.5 Å². The first kappa shape index (κ1) is 26.5. The molecule has 1 saturated heterocycles. The van der Waals surface area contributed by atoms with Gasteiger partial charge in [-0.2, -0.15) is 5.10 Å². The minimum absolute atomic E-state index is 0.0472. The Bertz CT molecular complexity index is 1300. The predicted octanol–water partition coefficient (Wildman–Crippen LogP) is 4.22. The maximum atomic E-state index is 14.4. The largest absolute Gasteiger partial charge is 0.453 e. The Balaban J connectivity index is 1.70. The number of likely N-dealkylation sites (tertiary alicyclic amines) is 1. The van der Waals surface area contributed by atoms with E-state index < -0.39 is 29.0 Å². The van der Waals surface area contributed by atoms with Gasteiger partial charge >= 0.3 is 0 Å². The minimum Gasteiger partial charge on any atom is -0.453 e. The molecule has 3 aromatic rings. The van der Waals surface area contributed by atoms with Gasteiger partial charge in [0.25, 0.3) is 5.91 Å². The van der Waals surface area contributed by atoms with Crippen molar-refractivity contribution in [1.29, 1.82) is 0 Å². The predicted molar refractivity (Wildman–Crippen MR) is 136 cm³/mol. The quantitative estimate of drug-likeness (QED) is 0.423. The van der Waals surface area contributed by atoms with Crippen molar-refractivity contribution in [2.45, 2.75) is 52.1 Å². The molecule has 1 atom stereocenters. The van der Waals surface area contributed by atoms with Crippen LogP contribution < -0.4 is 15.8 Å². The van der Waals surface area contributed by atoms with Crippen molar-refractivity contribution < 1.29 is 23.1 Å². The molecule has 37 heavy (non-hydrogen) atoms. The molecule has 1 fully saturated rings. The molecule has 2 heterocycles. The van der Waals surface area contributed by atoms with Crippen molar-refractivity contribution in [2.75, 3.05) is 19.6 Å². The number of halogens is 2. The summed E-state index contributed by atoms with van der Waals surface area (Å²) in [6.07, 6.45) is 4.18. The number of primary amides is 1. The van der Waals surface area contributed by atoms with E-state index in [1.165, 1.54) is 0 Å². The molecule has 4 rings (SSSR count). The third-order valence-electron chi connectivity index (χ3n) is 6.70. The fraction of sp³-hybridized carbons (Fsp3) is 0.444. The van der Waals surface area contributed by atoms with E-state index in [0.717, 1.165) is 38.1 Å². The molecule has 2 amide bonds. The van der Waals surface area contributed by atoms with E-state index in [1.807, 2.05) is 0 Å². The number of nitrogens with zero attached hydrogens (tertiary/aromatic N) is 3. The number of fused-ring (bicyclic) bond motifs is 1. The Labute approximate surface area is 214 Å². The Morgan fingerprint density at radius 3 is 2.54 bits per heavy atom. The van der Waals surface area contributed by atoms with E-state index in [1.54, 1.807) is 29.9 Å². The molecule has 0 aliphatic carbocycles. The summed E-state index contributed by atoms with van der Waals surface area (Å²) in [7, 11) is 0. The second-order valence-corrected chi connectivity index (χ2v) is 10.3. The van der Waals surface area contributed by atoms with Crippen LogP contribution in [-0.4, -0.2) is 51.7 Å². The van der Waals surface area contributed by atoms with Crippen LogP contribution in [-0.2, 0) is 11.3 Å². The number of hydrogen-bond acceptors (Lipinski definition) is 5. The zero-order valence-corrected chi connectivity index (χ0v) is 21.4. The minimum atomic E-state index is -1.31.